The van der Waals surface area contributed by atoms with E-state index in [0.29, 0.717) is 5.56 Å². The van der Waals surface area contributed by atoms with Gasteiger partial charge in [0.2, 0.25) is 0 Å². The molecule has 1 aromatic rings. The molecule has 0 saturated carbocycles. The van der Waals surface area contributed by atoms with Crippen LogP contribution >= 0.6 is 0 Å². The summed E-state index contributed by atoms with van der Waals surface area (Å²) in [6.45, 7) is -0.148. The van der Waals surface area contributed by atoms with Crippen LogP contribution in [0.2, 0.25) is 0 Å². The summed E-state index contributed by atoms with van der Waals surface area (Å²) in [5.74, 6) is 0. The third kappa shape index (κ3) is 5.36. The van der Waals surface area contributed by atoms with Crippen molar-refractivity contribution >= 4 is 19.7 Å². The van der Waals surface area contributed by atoms with Crippen molar-refractivity contribution in [3.63, 3.8) is 0 Å². The van der Waals surface area contributed by atoms with Gasteiger partial charge in [-0.1, -0.05) is 30.3 Å². The zero-order valence-electron chi connectivity index (χ0n) is 11.6. The van der Waals surface area contributed by atoms with Crippen LogP contribution in [0.4, 0.5) is 0 Å². The van der Waals surface area contributed by atoms with Crippen molar-refractivity contribution in [2.45, 2.75) is 23.6 Å². The first-order valence-corrected chi connectivity index (χ1v) is 9.84. The standard InChI is InChI=1S/C12H18O7S2/c1-20(15,16)11(13)10(12(14)21(2,17)18)19-8-9-6-4-3-5-7-9/h3-7,10-14H,8H2,1-2H3. The molecule has 7 nitrogen and oxygen atoms in total. The van der Waals surface area contributed by atoms with E-state index in [1.54, 1.807) is 30.3 Å². The van der Waals surface area contributed by atoms with Gasteiger partial charge in [-0.25, -0.2) is 16.8 Å². The number of aliphatic hydroxyl groups is 2. The summed E-state index contributed by atoms with van der Waals surface area (Å²) in [7, 11) is -8.01. The number of rotatable bonds is 7. The Hall–Kier alpha value is -1.00. The van der Waals surface area contributed by atoms with Crippen molar-refractivity contribution in [1.82, 2.24) is 0 Å². The molecule has 0 aliphatic rings. The van der Waals surface area contributed by atoms with Crippen LogP contribution in [0, 0.1) is 0 Å². The Morgan fingerprint density at radius 3 is 1.76 bits per heavy atom. The van der Waals surface area contributed by atoms with E-state index in [2.05, 4.69) is 0 Å². The summed E-state index contributed by atoms with van der Waals surface area (Å²) in [6, 6.07) is 8.55. The van der Waals surface area contributed by atoms with Crippen LogP contribution in [0.1, 0.15) is 5.56 Å². The molecule has 1 aromatic carbocycles. The molecule has 2 atom stereocenters. The van der Waals surface area contributed by atoms with Gasteiger partial charge >= 0.3 is 0 Å². The summed E-state index contributed by atoms with van der Waals surface area (Å²) < 4.78 is 50.7. The highest BCUT2D eigenvalue weighted by atomic mass is 32.2. The lowest BCUT2D eigenvalue weighted by atomic mass is 10.2. The van der Waals surface area contributed by atoms with Gasteiger partial charge in [-0.2, -0.15) is 0 Å². The predicted octanol–water partition coefficient (Wildman–Crippen LogP) is -0.702. The Morgan fingerprint density at radius 1 is 0.952 bits per heavy atom. The highest BCUT2D eigenvalue weighted by molar-refractivity contribution is 7.92. The fourth-order valence-electron chi connectivity index (χ4n) is 1.56. The Balaban J connectivity index is 2.98. The molecule has 0 aliphatic heterocycles. The van der Waals surface area contributed by atoms with Crippen molar-refractivity contribution in [1.29, 1.82) is 0 Å². The van der Waals surface area contributed by atoms with E-state index in [4.69, 9.17) is 4.74 Å². The minimum atomic E-state index is -4.01. The quantitative estimate of drug-likeness (QED) is 0.675. The van der Waals surface area contributed by atoms with E-state index in [1.807, 2.05) is 0 Å². The Kier molecular flexibility index (Phi) is 5.88. The van der Waals surface area contributed by atoms with Gasteiger partial charge in [0.05, 0.1) is 6.61 Å². The number of hydrogen-bond donors (Lipinski definition) is 2. The monoisotopic (exact) mass is 338 g/mol. The molecule has 9 heteroatoms. The maximum atomic E-state index is 11.4. The van der Waals surface area contributed by atoms with Crippen LogP contribution in [0.3, 0.4) is 0 Å². The van der Waals surface area contributed by atoms with Gasteiger partial charge < -0.3 is 14.9 Å². The van der Waals surface area contributed by atoms with E-state index in [1.165, 1.54) is 0 Å². The first-order chi connectivity index (χ1) is 9.53. The Labute approximate surface area is 124 Å². The van der Waals surface area contributed by atoms with Crippen LogP contribution in [0.15, 0.2) is 30.3 Å². The lowest BCUT2D eigenvalue weighted by Crippen LogP contribution is -2.46. The average molecular weight is 338 g/mol. The van der Waals surface area contributed by atoms with Crippen LogP contribution in [0.25, 0.3) is 0 Å². The maximum absolute atomic E-state index is 11.4. The number of benzene rings is 1. The molecule has 21 heavy (non-hydrogen) atoms. The van der Waals surface area contributed by atoms with Crippen molar-refractivity contribution < 1.29 is 31.8 Å². The number of aliphatic hydroxyl groups excluding tert-OH is 2. The zero-order chi connectivity index (χ0) is 16.3. The van der Waals surface area contributed by atoms with Gasteiger partial charge in [-0.3, -0.25) is 0 Å². The van der Waals surface area contributed by atoms with E-state index < -0.39 is 36.7 Å². The van der Waals surface area contributed by atoms with Gasteiger partial charge in [0, 0.05) is 12.5 Å². The maximum Gasteiger partial charge on any atom is 0.184 e. The molecule has 0 aliphatic carbocycles. The predicted molar refractivity (Wildman–Crippen MR) is 76.7 cm³/mol. The molecule has 0 aromatic heterocycles. The smallest absolute Gasteiger partial charge is 0.184 e. The SMILES string of the molecule is CS(=O)(=O)C(O)C(OCc1ccccc1)C(O)S(C)(=O)=O. The van der Waals surface area contributed by atoms with Crippen molar-refractivity contribution in [2.75, 3.05) is 12.5 Å². The number of ether oxygens (including phenoxy) is 1. The van der Waals surface area contributed by atoms with Crippen molar-refractivity contribution in [3.05, 3.63) is 35.9 Å². The minimum Gasteiger partial charge on any atom is -0.375 e. The third-order valence-electron chi connectivity index (χ3n) is 2.72. The first kappa shape index (κ1) is 18.1. The molecule has 0 heterocycles. The highest BCUT2D eigenvalue weighted by Crippen LogP contribution is 2.16. The van der Waals surface area contributed by atoms with E-state index in [0.717, 1.165) is 12.5 Å². The van der Waals surface area contributed by atoms with Crippen LogP contribution < -0.4 is 0 Å². The van der Waals surface area contributed by atoms with Gasteiger partial charge in [0.15, 0.2) is 30.5 Å². The van der Waals surface area contributed by atoms with Gasteiger partial charge in [-0.15, -0.1) is 0 Å². The Morgan fingerprint density at radius 2 is 1.38 bits per heavy atom. The van der Waals surface area contributed by atoms with E-state index >= 15 is 0 Å². The second-order valence-corrected chi connectivity index (χ2v) is 8.99. The molecule has 0 bridgehead atoms. The summed E-state index contributed by atoms with van der Waals surface area (Å²) in [6.07, 6.45) is -0.341. The molecule has 2 N–H and O–H groups in total. The normalized spacial score (nSPS) is 17.1. The molecular formula is C12H18O7S2. The molecule has 0 radical (unpaired) electrons. The Bertz CT molecular complexity index is 614. The fourth-order valence-corrected chi connectivity index (χ4v) is 3.09. The summed E-state index contributed by atoms with van der Waals surface area (Å²) in [4.78, 5) is 0. The summed E-state index contributed by atoms with van der Waals surface area (Å²) in [5, 5.41) is 19.4. The summed E-state index contributed by atoms with van der Waals surface area (Å²) >= 11 is 0. The number of hydrogen-bond acceptors (Lipinski definition) is 7. The molecule has 0 saturated heterocycles. The third-order valence-corrected chi connectivity index (χ3v) is 5.02. The lowest BCUT2D eigenvalue weighted by molar-refractivity contribution is -0.0569. The largest absolute Gasteiger partial charge is 0.375 e. The minimum absolute atomic E-state index is 0.148. The first-order valence-electron chi connectivity index (χ1n) is 5.93. The van der Waals surface area contributed by atoms with E-state index in [9.17, 15) is 27.0 Å². The van der Waals surface area contributed by atoms with E-state index in [-0.39, 0.29) is 6.61 Å². The van der Waals surface area contributed by atoms with Gasteiger partial charge in [-0.05, 0) is 5.56 Å². The van der Waals surface area contributed by atoms with Gasteiger partial charge in [0.1, 0.15) is 6.10 Å². The van der Waals surface area contributed by atoms with Crippen LogP contribution in [-0.4, -0.2) is 56.5 Å². The molecular weight excluding hydrogens is 320 g/mol. The van der Waals surface area contributed by atoms with Crippen molar-refractivity contribution in [3.8, 4) is 0 Å². The summed E-state index contributed by atoms with van der Waals surface area (Å²) in [5.41, 5.74) is -3.65. The molecule has 0 fully saturated rings. The number of sulfone groups is 2. The second-order valence-electron chi connectivity index (χ2n) is 4.70. The second kappa shape index (κ2) is 6.84. The fraction of sp³-hybridized carbons (Fsp3) is 0.500. The van der Waals surface area contributed by atoms with Gasteiger partial charge in [0.25, 0.3) is 0 Å². The highest BCUT2D eigenvalue weighted by Gasteiger charge is 2.39. The zero-order valence-corrected chi connectivity index (χ0v) is 13.2. The molecule has 1 rings (SSSR count). The van der Waals surface area contributed by atoms with Crippen LogP contribution in [-0.2, 0) is 31.0 Å². The molecule has 120 valence electrons. The topological polar surface area (TPSA) is 118 Å². The molecule has 2 unspecified atom stereocenters. The average Bonchev–Trinajstić information content (AvgIpc) is 2.37. The lowest BCUT2D eigenvalue weighted by Gasteiger charge is -2.25. The molecule has 0 spiro atoms. The molecule has 0 amide bonds. The van der Waals surface area contributed by atoms with Crippen molar-refractivity contribution in [2.24, 2.45) is 0 Å². The van der Waals surface area contributed by atoms with Crippen LogP contribution in [0.5, 0.6) is 0 Å².